The summed E-state index contributed by atoms with van der Waals surface area (Å²) in [6, 6.07) is 24.9. The van der Waals surface area contributed by atoms with Crippen LogP contribution in [0.2, 0.25) is 0 Å². The van der Waals surface area contributed by atoms with Crippen LogP contribution in [-0.2, 0) is 21.2 Å². The maximum Gasteiger partial charge on any atom is 0.264 e. The molecule has 3 aromatic carbocycles. The molecule has 6 heteroatoms. The van der Waals surface area contributed by atoms with Gasteiger partial charge < -0.3 is 5.32 Å². The minimum absolute atomic E-state index is 0.0977. The van der Waals surface area contributed by atoms with Gasteiger partial charge in [0.25, 0.3) is 10.0 Å². The Balaban J connectivity index is 1.60. The number of rotatable bonds is 6. The van der Waals surface area contributed by atoms with Crippen molar-refractivity contribution in [3.05, 3.63) is 96.1 Å². The normalized spacial score (nSPS) is 15.8. The highest BCUT2D eigenvalue weighted by atomic mass is 32.2. The van der Waals surface area contributed by atoms with Crippen LogP contribution in [0.5, 0.6) is 0 Å². The van der Waals surface area contributed by atoms with Gasteiger partial charge in [0.05, 0.1) is 16.6 Å². The first-order valence-corrected chi connectivity index (χ1v) is 11.5. The molecule has 154 valence electrons. The van der Waals surface area contributed by atoms with Gasteiger partial charge in [-0.1, -0.05) is 60.7 Å². The quantitative estimate of drug-likeness (QED) is 0.654. The van der Waals surface area contributed by atoms with E-state index in [4.69, 9.17) is 0 Å². The first-order chi connectivity index (χ1) is 14.6. The summed E-state index contributed by atoms with van der Waals surface area (Å²) in [5.41, 5.74) is 2.82. The van der Waals surface area contributed by atoms with Crippen molar-refractivity contribution >= 4 is 21.6 Å². The highest BCUT2D eigenvalue weighted by molar-refractivity contribution is 7.92. The Hall–Kier alpha value is -3.12. The SMILES string of the molecule is O=C(CN(c1ccccc1)S(=O)(=O)c1ccccc1)N[C@@H]1CCCc2ccccc21. The number of para-hydroxylation sites is 1. The van der Waals surface area contributed by atoms with E-state index in [2.05, 4.69) is 11.4 Å². The lowest BCUT2D eigenvalue weighted by molar-refractivity contribution is -0.120. The first kappa shape index (κ1) is 20.2. The number of carbonyl (C=O) groups excluding carboxylic acids is 1. The summed E-state index contributed by atoms with van der Waals surface area (Å²) < 4.78 is 27.8. The predicted octanol–water partition coefficient (Wildman–Crippen LogP) is 4.08. The van der Waals surface area contributed by atoms with E-state index >= 15 is 0 Å². The third-order valence-electron chi connectivity index (χ3n) is 5.37. The fourth-order valence-corrected chi connectivity index (χ4v) is 5.35. The van der Waals surface area contributed by atoms with Crippen molar-refractivity contribution < 1.29 is 13.2 Å². The Kier molecular flexibility index (Phi) is 5.86. The smallest absolute Gasteiger partial charge is 0.264 e. The van der Waals surface area contributed by atoms with Gasteiger partial charge in [0.1, 0.15) is 6.54 Å². The zero-order valence-electron chi connectivity index (χ0n) is 16.6. The van der Waals surface area contributed by atoms with E-state index in [1.54, 1.807) is 54.6 Å². The van der Waals surface area contributed by atoms with Gasteiger partial charge in [0.15, 0.2) is 0 Å². The molecule has 4 rings (SSSR count). The molecule has 0 saturated heterocycles. The summed E-state index contributed by atoms with van der Waals surface area (Å²) in [4.78, 5) is 13.1. The van der Waals surface area contributed by atoms with Crippen LogP contribution in [-0.4, -0.2) is 20.9 Å². The summed E-state index contributed by atoms with van der Waals surface area (Å²) >= 11 is 0. The number of sulfonamides is 1. The molecule has 0 aromatic heterocycles. The minimum atomic E-state index is -3.88. The zero-order chi connectivity index (χ0) is 21.0. The average Bonchev–Trinajstić information content (AvgIpc) is 2.79. The number of hydrogen-bond donors (Lipinski definition) is 1. The molecule has 0 fully saturated rings. The Morgan fingerprint density at radius 2 is 1.53 bits per heavy atom. The van der Waals surface area contributed by atoms with Crippen molar-refractivity contribution in [1.29, 1.82) is 0 Å². The van der Waals surface area contributed by atoms with Crippen molar-refractivity contribution in [1.82, 2.24) is 5.32 Å². The van der Waals surface area contributed by atoms with Crippen LogP contribution < -0.4 is 9.62 Å². The topological polar surface area (TPSA) is 66.5 Å². The summed E-state index contributed by atoms with van der Waals surface area (Å²) in [6.45, 7) is -0.278. The zero-order valence-corrected chi connectivity index (χ0v) is 17.4. The van der Waals surface area contributed by atoms with Crippen molar-refractivity contribution in [2.45, 2.75) is 30.2 Å². The molecular weight excluding hydrogens is 396 g/mol. The fourth-order valence-electron chi connectivity index (χ4n) is 3.90. The molecule has 1 aliphatic rings. The van der Waals surface area contributed by atoms with Crippen molar-refractivity contribution in [2.24, 2.45) is 0 Å². The molecule has 0 heterocycles. The van der Waals surface area contributed by atoms with E-state index in [1.165, 1.54) is 9.87 Å². The van der Waals surface area contributed by atoms with Crippen LogP contribution in [0.1, 0.15) is 30.0 Å². The second-order valence-corrected chi connectivity index (χ2v) is 9.23. The molecule has 0 aliphatic heterocycles. The highest BCUT2D eigenvalue weighted by Crippen LogP contribution is 2.30. The predicted molar refractivity (Wildman–Crippen MR) is 118 cm³/mol. The van der Waals surface area contributed by atoms with Gasteiger partial charge in [-0.3, -0.25) is 9.10 Å². The van der Waals surface area contributed by atoms with Crippen molar-refractivity contribution in [3.8, 4) is 0 Å². The first-order valence-electron chi connectivity index (χ1n) is 10.1. The van der Waals surface area contributed by atoms with Crippen LogP contribution in [0, 0.1) is 0 Å². The molecule has 1 N–H and O–H groups in total. The Labute approximate surface area is 177 Å². The number of fused-ring (bicyclic) bond motifs is 1. The van der Waals surface area contributed by atoms with Crippen LogP contribution in [0.15, 0.2) is 89.8 Å². The lowest BCUT2D eigenvalue weighted by atomic mass is 9.88. The molecule has 30 heavy (non-hydrogen) atoms. The summed E-state index contributed by atoms with van der Waals surface area (Å²) in [7, 11) is -3.88. The standard InChI is InChI=1S/C24H24N2O3S/c27-24(25-23-17-9-11-19-10-7-8-16-22(19)23)18-26(20-12-3-1-4-13-20)30(28,29)21-14-5-2-6-15-21/h1-8,10,12-16,23H,9,11,17-18H2,(H,25,27)/t23-/m1/s1. The molecule has 1 amide bonds. The molecule has 0 spiro atoms. The van der Waals surface area contributed by atoms with Crippen LogP contribution in [0.3, 0.4) is 0 Å². The Bertz CT molecular complexity index is 1120. The van der Waals surface area contributed by atoms with Crippen molar-refractivity contribution in [3.63, 3.8) is 0 Å². The second-order valence-electron chi connectivity index (χ2n) is 7.37. The number of hydrogen-bond acceptors (Lipinski definition) is 3. The maximum absolute atomic E-state index is 13.3. The summed E-state index contributed by atoms with van der Waals surface area (Å²) in [5.74, 6) is -0.319. The van der Waals surface area contributed by atoms with Gasteiger partial charge in [-0.2, -0.15) is 0 Å². The van der Waals surface area contributed by atoms with E-state index in [0.29, 0.717) is 5.69 Å². The number of carbonyl (C=O) groups is 1. The van der Waals surface area contributed by atoms with E-state index < -0.39 is 10.0 Å². The van der Waals surface area contributed by atoms with Crippen LogP contribution >= 0.6 is 0 Å². The average molecular weight is 421 g/mol. The second kappa shape index (κ2) is 8.71. The van der Waals surface area contributed by atoms with Gasteiger partial charge >= 0.3 is 0 Å². The molecule has 1 atom stereocenters. The highest BCUT2D eigenvalue weighted by Gasteiger charge is 2.28. The molecule has 0 radical (unpaired) electrons. The number of nitrogens with one attached hydrogen (secondary N) is 1. The maximum atomic E-state index is 13.3. The minimum Gasteiger partial charge on any atom is -0.348 e. The van der Waals surface area contributed by atoms with E-state index in [9.17, 15) is 13.2 Å². The molecule has 5 nitrogen and oxygen atoms in total. The van der Waals surface area contributed by atoms with Gasteiger partial charge in [-0.25, -0.2) is 8.42 Å². The van der Waals surface area contributed by atoms with Gasteiger partial charge in [-0.15, -0.1) is 0 Å². The van der Waals surface area contributed by atoms with E-state index in [-0.39, 0.29) is 23.4 Å². The van der Waals surface area contributed by atoms with Gasteiger partial charge in [0.2, 0.25) is 5.91 Å². The number of anilines is 1. The molecule has 3 aromatic rings. The van der Waals surface area contributed by atoms with E-state index in [0.717, 1.165) is 24.8 Å². The largest absolute Gasteiger partial charge is 0.348 e. The Morgan fingerprint density at radius 1 is 0.900 bits per heavy atom. The number of amides is 1. The van der Waals surface area contributed by atoms with E-state index in [1.807, 2.05) is 24.3 Å². The van der Waals surface area contributed by atoms with Crippen molar-refractivity contribution in [2.75, 3.05) is 10.8 Å². The molecule has 0 bridgehead atoms. The lowest BCUT2D eigenvalue weighted by Crippen LogP contribution is -2.42. The van der Waals surface area contributed by atoms with Gasteiger partial charge in [-0.05, 0) is 54.7 Å². The molecule has 0 saturated carbocycles. The number of nitrogens with zero attached hydrogens (tertiary/aromatic N) is 1. The molecule has 1 aliphatic carbocycles. The van der Waals surface area contributed by atoms with Crippen LogP contribution in [0.4, 0.5) is 5.69 Å². The van der Waals surface area contributed by atoms with Gasteiger partial charge in [0, 0.05) is 0 Å². The third-order valence-corrected chi connectivity index (χ3v) is 7.16. The lowest BCUT2D eigenvalue weighted by Gasteiger charge is -2.28. The fraction of sp³-hybridized carbons (Fsp3) is 0.208. The number of aryl methyl sites for hydroxylation is 1. The monoisotopic (exact) mass is 420 g/mol. The summed E-state index contributed by atoms with van der Waals surface area (Å²) in [6.07, 6.45) is 2.84. The molecule has 0 unspecified atom stereocenters. The number of benzene rings is 3. The van der Waals surface area contributed by atoms with Crippen LogP contribution in [0.25, 0.3) is 0 Å². The summed E-state index contributed by atoms with van der Waals surface area (Å²) in [5, 5.41) is 3.05. The Morgan fingerprint density at radius 3 is 2.27 bits per heavy atom. The third kappa shape index (κ3) is 4.24. The molecular formula is C24H24N2O3S.